The second kappa shape index (κ2) is 6.28. The summed E-state index contributed by atoms with van der Waals surface area (Å²) in [6.45, 7) is 9.46. The smallest absolute Gasteiger partial charge is 0.0889 e. The summed E-state index contributed by atoms with van der Waals surface area (Å²) in [5, 5.41) is 0. The molecule has 0 aliphatic rings. The van der Waals surface area contributed by atoms with Crippen LogP contribution in [0.25, 0.3) is 0 Å². The van der Waals surface area contributed by atoms with Gasteiger partial charge in [-0.25, -0.2) is 0 Å². The zero-order valence-electron chi connectivity index (χ0n) is 12.2. The Balaban J connectivity index is 2.84. The number of hydrogen-bond acceptors (Lipinski definition) is 0. The average Bonchev–Trinajstić information content (AvgIpc) is 2.36. The van der Waals surface area contributed by atoms with Gasteiger partial charge in [-0.1, -0.05) is 76.7 Å². The highest BCUT2D eigenvalue weighted by molar-refractivity contribution is 6.32. The number of hydrogen-bond donors (Lipinski definition) is 0. The van der Waals surface area contributed by atoms with Gasteiger partial charge in [0.2, 0.25) is 0 Å². The van der Waals surface area contributed by atoms with E-state index in [1.165, 1.54) is 36.7 Å². The molecular formula is C16H27B. The molecule has 0 saturated carbocycles. The van der Waals surface area contributed by atoms with Gasteiger partial charge in [0.1, 0.15) is 7.85 Å². The Bertz CT molecular complexity index is 328. The fraction of sp³-hybridized carbons (Fsp3) is 0.625. The molecule has 0 aromatic heterocycles. The number of unbranched alkanes of at least 4 members (excludes halogenated alkanes) is 1. The molecular weight excluding hydrogens is 203 g/mol. The standard InChI is InChI=1S/C16H27B/c1-5-7-12-16(4,6-2)13(3)14-8-10-15(17)11-9-14/h8-11,13H,5-7,12,17H2,1-4H3. The Morgan fingerprint density at radius 2 is 1.76 bits per heavy atom. The second-order valence-electron chi connectivity index (χ2n) is 5.74. The second-order valence-corrected chi connectivity index (χ2v) is 5.74. The third-order valence-electron chi connectivity index (χ3n) is 4.53. The van der Waals surface area contributed by atoms with Crippen LogP contribution < -0.4 is 5.46 Å². The fourth-order valence-corrected chi connectivity index (χ4v) is 2.54. The largest absolute Gasteiger partial charge is 0.139 e. The van der Waals surface area contributed by atoms with Crippen molar-refractivity contribution in [3.05, 3.63) is 29.8 Å². The molecule has 0 aliphatic heterocycles. The lowest BCUT2D eigenvalue weighted by molar-refractivity contribution is 0.226. The predicted octanol–water partition coefficient (Wildman–Crippen LogP) is 3.66. The molecule has 0 saturated heterocycles. The summed E-state index contributed by atoms with van der Waals surface area (Å²) in [6, 6.07) is 9.09. The van der Waals surface area contributed by atoms with Gasteiger partial charge in [0.05, 0.1) is 0 Å². The van der Waals surface area contributed by atoms with E-state index in [4.69, 9.17) is 0 Å². The molecule has 0 amide bonds. The summed E-state index contributed by atoms with van der Waals surface area (Å²) in [6.07, 6.45) is 5.26. The molecule has 1 rings (SSSR count). The predicted molar refractivity (Wildman–Crippen MR) is 81.0 cm³/mol. The maximum atomic E-state index is 2.45. The van der Waals surface area contributed by atoms with Gasteiger partial charge in [0.25, 0.3) is 0 Å². The van der Waals surface area contributed by atoms with Crippen LogP contribution in [0.3, 0.4) is 0 Å². The Hall–Kier alpha value is -0.715. The van der Waals surface area contributed by atoms with E-state index in [2.05, 4.69) is 59.8 Å². The lowest BCUT2D eigenvalue weighted by Gasteiger charge is -2.35. The van der Waals surface area contributed by atoms with Crippen molar-refractivity contribution in [2.45, 2.75) is 59.3 Å². The first-order valence-corrected chi connectivity index (χ1v) is 7.10. The van der Waals surface area contributed by atoms with Gasteiger partial charge < -0.3 is 0 Å². The van der Waals surface area contributed by atoms with E-state index in [1.54, 1.807) is 0 Å². The van der Waals surface area contributed by atoms with Crippen molar-refractivity contribution >= 4 is 13.3 Å². The maximum absolute atomic E-state index is 2.45. The summed E-state index contributed by atoms with van der Waals surface area (Å²) in [5.74, 6) is 0.652. The summed E-state index contributed by atoms with van der Waals surface area (Å²) < 4.78 is 0. The molecule has 0 heterocycles. The molecule has 0 bridgehead atoms. The maximum Gasteiger partial charge on any atom is 0.139 e. The molecule has 0 radical (unpaired) electrons. The van der Waals surface area contributed by atoms with Crippen molar-refractivity contribution < 1.29 is 0 Å². The lowest BCUT2D eigenvalue weighted by atomic mass is 9.69. The SMILES string of the molecule is Bc1ccc(C(C)C(C)(CC)CCCC)cc1. The Labute approximate surface area is 108 Å². The van der Waals surface area contributed by atoms with E-state index < -0.39 is 0 Å². The topological polar surface area (TPSA) is 0 Å². The van der Waals surface area contributed by atoms with Crippen LogP contribution >= 0.6 is 0 Å². The minimum atomic E-state index is 0.450. The molecule has 2 unspecified atom stereocenters. The van der Waals surface area contributed by atoms with Crippen molar-refractivity contribution in [1.29, 1.82) is 0 Å². The van der Waals surface area contributed by atoms with E-state index in [0.29, 0.717) is 11.3 Å². The zero-order chi connectivity index (χ0) is 12.9. The van der Waals surface area contributed by atoms with E-state index in [9.17, 15) is 0 Å². The molecule has 1 aromatic carbocycles. The molecule has 94 valence electrons. The van der Waals surface area contributed by atoms with E-state index in [0.717, 1.165) is 0 Å². The minimum Gasteiger partial charge on any atom is -0.0889 e. The first kappa shape index (κ1) is 14.3. The zero-order valence-corrected chi connectivity index (χ0v) is 12.2. The molecule has 0 aliphatic carbocycles. The van der Waals surface area contributed by atoms with Crippen LogP contribution in [-0.2, 0) is 0 Å². The molecule has 1 heteroatoms. The molecule has 1 aromatic rings. The molecule has 0 N–H and O–H groups in total. The quantitative estimate of drug-likeness (QED) is 0.654. The molecule has 2 atom stereocenters. The van der Waals surface area contributed by atoms with Crippen LogP contribution in [0.2, 0.25) is 0 Å². The molecule has 0 spiro atoms. The van der Waals surface area contributed by atoms with Crippen LogP contribution in [0.15, 0.2) is 24.3 Å². The number of benzene rings is 1. The van der Waals surface area contributed by atoms with Gasteiger partial charge in [-0.15, -0.1) is 0 Å². The monoisotopic (exact) mass is 230 g/mol. The van der Waals surface area contributed by atoms with Crippen molar-refractivity contribution in [1.82, 2.24) is 0 Å². The Kier molecular flexibility index (Phi) is 5.30. The van der Waals surface area contributed by atoms with Crippen molar-refractivity contribution in [3.8, 4) is 0 Å². The summed E-state index contributed by atoms with van der Waals surface area (Å²) in [4.78, 5) is 0. The summed E-state index contributed by atoms with van der Waals surface area (Å²) in [7, 11) is 2.16. The van der Waals surface area contributed by atoms with Gasteiger partial charge in [-0.3, -0.25) is 0 Å². The Morgan fingerprint density at radius 1 is 1.18 bits per heavy atom. The lowest BCUT2D eigenvalue weighted by Crippen LogP contribution is -2.23. The van der Waals surface area contributed by atoms with Gasteiger partial charge >= 0.3 is 0 Å². The van der Waals surface area contributed by atoms with Crippen molar-refractivity contribution in [2.24, 2.45) is 5.41 Å². The first-order valence-electron chi connectivity index (χ1n) is 7.10. The normalized spacial score (nSPS) is 16.5. The van der Waals surface area contributed by atoms with E-state index in [1.807, 2.05) is 0 Å². The third-order valence-corrected chi connectivity index (χ3v) is 4.53. The van der Waals surface area contributed by atoms with Crippen LogP contribution in [-0.4, -0.2) is 7.85 Å². The molecule has 17 heavy (non-hydrogen) atoms. The highest BCUT2D eigenvalue weighted by Crippen LogP contribution is 2.42. The number of rotatable bonds is 6. The third kappa shape index (κ3) is 3.62. The molecule has 0 nitrogen and oxygen atoms in total. The summed E-state index contributed by atoms with van der Waals surface area (Å²) >= 11 is 0. The highest BCUT2D eigenvalue weighted by atomic mass is 14.3. The van der Waals surface area contributed by atoms with Crippen LogP contribution in [0.5, 0.6) is 0 Å². The first-order chi connectivity index (χ1) is 8.03. The van der Waals surface area contributed by atoms with Crippen molar-refractivity contribution in [3.63, 3.8) is 0 Å². The average molecular weight is 230 g/mol. The van der Waals surface area contributed by atoms with Gasteiger partial charge in [0.15, 0.2) is 0 Å². The van der Waals surface area contributed by atoms with E-state index in [-0.39, 0.29) is 0 Å². The Morgan fingerprint density at radius 3 is 2.24 bits per heavy atom. The van der Waals surface area contributed by atoms with Gasteiger partial charge in [0, 0.05) is 0 Å². The van der Waals surface area contributed by atoms with Gasteiger partial charge in [-0.2, -0.15) is 0 Å². The van der Waals surface area contributed by atoms with Crippen LogP contribution in [0.4, 0.5) is 0 Å². The van der Waals surface area contributed by atoms with E-state index >= 15 is 0 Å². The molecule has 0 fully saturated rings. The van der Waals surface area contributed by atoms with Crippen LogP contribution in [0.1, 0.15) is 64.9 Å². The minimum absolute atomic E-state index is 0.450. The van der Waals surface area contributed by atoms with Gasteiger partial charge in [-0.05, 0) is 23.3 Å². The van der Waals surface area contributed by atoms with Crippen LogP contribution in [0, 0.1) is 5.41 Å². The van der Waals surface area contributed by atoms with Crippen molar-refractivity contribution in [2.75, 3.05) is 0 Å². The highest BCUT2D eigenvalue weighted by Gasteiger charge is 2.29. The fourth-order valence-electron chi connectivity index (χ4n) is 2.54. The summed E-state index contributed by atoms with van der Waals surface area (Å²) in [5.41, 5.74) is 3.30.